The summed E-state index contributed by atoms with van der Waals surface area (Å²) in [7, 11) is 0. The van der Waals surface area contributed by atoms with Crippen LogP contribution in [0.2, 0.25) is 0 Å². The number of nitriles is 1. The minimum absolute atomic E-state index is 0.157. The lowest BCUT2D eigenvalue weighted by molar-refractivity contribution is -0.105. The Morgan fingerprint density at radius 2 is 2.26 bits per heavy atom. The number of hydrogen-bond donors (Lipinski definition) is 2. The smallest absolute Gasteiger partial charge is 0.163 e. The number of fused-ring (bicyclic) bond motifs is 2. The van der Waals surface area contributed by atoms with E-state index in [1.165, 1.54) is 11.1 Å². The highest BCUT2D eigenvalue weighted by Gasteiger charge is 2.73. The second-order valence-corrected chi connectivity index (χ2v) is 7.46. The van der Waals surface area contributed by atoms with Gasteiger partial charge < -0.3 is 10.4 Å². The van der Waals surface area contributed by atoms with E-state index in [2.05, 4.69) is 41.4 Å². The predicted octanol–water partition coefficient (Wildman–Crippen LogP) is 2.23. The topological polar surface area (TPSA) is 59.3 Å². The van der Waals surface area contributed by atoms with E-state index >= 15 is 0 Å². The molecule has 3 heterocycles. The first-order valence-corrected chi connectivity index (χ1v) is 8.54. The predicted molar refractivity (Wildman–Crippen MR) is 87.6 cm³/mol. The lowest BCUT2D eigenvalue weighted by Crippen LogP contribution is -2.69. The zero-order valence-corrected chi connectivity index (χ0v) is 13.3. The normalized spacial score (nSPS) is 45.3. The number of aliphatic hydroxyl groups is 1. The summed E-state index contributed by atoms with van der Waals surface area (Å²) in [4.78, 5) is 2.52. The van der Waals surface area contributed by atoms with Crippen molar-refractivity contribution in [1.82, 2.24) is 4.90 Å². The molecule has 1 aliphatic carbocycles. The molecule has 118 valence electrons. The highest BCUT2D eigenvalue weighted by molar-refractivity contribution is 5.67. The zero-order valence-electron chi connectivity index (χ0n) is 13.3. The van der Waals surface area contributed by atoms with Crippen LogP contribution < -0.4 is 5.32 Å². The van der Waals surface area contributed by atoms with E-state index in [0.29, 0.717) is 6.04 Å². The molecular weight excluding hydrogens is 286 g/mol. The fraction of sp³-hybridized carbons (Fsp3) is 0.526. The molecule has 1 aromatic rings. The molecule has 1 saturated carbocycles. The molecule has 3 aliphatic heterocycles. The van der Waals surface area contributed by atoms with E-state index < -0.39 is 11.6 Å². The van der Waals surface area contributed by atoms with E-state index in [1.807, 2.05) is 12.1 Å². The van der Waals surface area contributed by atoms with Gasteiger partial charge in [0.15, 0.2) is 5.72 Å². The van der Waals surface area contributed by atoms with Gasteiger partial charge in [0.25, 0.3) is 0 Å². The molecule has 3 fully saturated rings. The van der Waals surface area contributed by atoms with E-state index in [-0.39, 0.29) is 11.3 Å². The highest BCUT2D eigenvalue weighted by atomic mass is 16.3. The maximum Gasteiger partial charge on any atom is 0.163 e. The number of nitrogens with one attached hydrogen (secondary N) is 1. The minimum atomic E-state index is -1.16. The number of hydrogen-bond acceptors (Lipinski definition) is 4. The van der Waals surface area contributed by atoms with Crippen LogP contribution in [-0.4, -0.2) is 34.9 Å². The van der Waals surface area contributed by atoms with Crippen molar-refractivity contribution in [3.63, 3.8) is 0 Å². The Kier molecular flexibility index (Phi) is 2.46. The third-order valence-corrected chi connectivity index (χ3v) is 6.92. The lowest BCUT2D eigenvalue weighted by atomic mass is 9.54. The van der Waals surface area contributed by atoms with Gasteiger partial charge in [-0.05, 0) is 37.9 Å². The second kappa shape index (κ2) is 4.17. The SMILES string of the molecule is C/C=C1\CN2CCC34c5ccccc5N[C@]3(O)[C@H](C#N)[C@@H]1C[C@H]24. The summed E-state index contributed by atoms with van der Waals surface area (Å²) in [6.07, 6.45) is 4.05. The van der Waals surface area contributed by atoms with Crippen molar-refractivity contribution >= 4 is 5.69 Å². The maximum absolute atomic E-state index is 11.8. The summed E-state index contributed by atoms with van der Waals surface area (Å²) < 4.78 is 0. The third kappa shape index (κ3) is 1.31. The molecule has 1 aromatic carbocycles. The largest absolute Gasteiger partial charge is 0.369 e. The summed E-state index contributed by atoms with van der Waals surface area (Å²) in [6, 6.07) is 11.0. The first-order valence-electron chi connectivity index (χ1n) is 8.54. The van der Waals surface area contributed by atoms with Gasteiger partial charge in [-0.2, -0.15) is 5.26 Å². The van der Waals surface area contributed by atoms with Crippen molar-refractivity contribution in [3.05, 3.63) is 41.5 Å². The van der Waals surface area contributed by atoms with Crippen molar-refractivity contribution in [3.8, 4) is 6.07 Å². The Balaban J connectivity index is 1.79. The van der Waals surface area contributed by atoms with Crippen LogP contribution in [0.3, 0.4) is 0 Å². The van der Waals surface area contributed by atoms with Gasteiger partial charge in [0, 0.05) is 24.2 Å². The van der Waals surface area contributed by atoms with Crippen LogP contribution in [0.1, 0.15) is 25.3 Å². The molecule has 1 unspecified atom stereocenters. The molecule has 2 bridgehead atoms. The molecule has 0 amide bonds. The van der Waals surface area contributed by atoms with E-state index in [4.69, 9.17) is 0 Å². The van der Waals surface area contributed by atoms with Crippen LogP contribution in [0.25, 0.3) is 0 Å². The van der Waals surface area contributed by atoms with E-state index in [9.17, 15) is 10.4 Å². The Morgan fingerprint density at radius 1 is 1.43 bits per heavy atom. The minimum Gasteiger partial charge on any atom is -0.369 e. The Labute approximate surface area is 136 Å². The van der Waals surface area contributed by atoms with Gasteiger partial charge >= 0.3 is 0 Å². The zero-order chi connectivity index (χ0) is 15.8. The molecule has 2 N–H and O–H groups in total. The van der Waals surface area contributed by atoms with Crippen molar-refractivity contribution in [2.24, 2.45) is 11.8 Å². The summed E-state index contributed by atoms with van der Waals surface area (Å²) in [6.45, 7) is 4.00. The third-order valence-electron chi connectivity index (χ3n) is 6.92. The molecule has 5 rings (SSSR count). The number of anilines is 1. The van der Waals surface area contributed by atoms with Gasteiger partial charge in [0.05, 0.1) is 11.5 Å². The van der Waals surface area contributed by atoms with Crippen LogP contribution in [0, 0.1) is 23.2 Å². The molecule has 4 heteroatoms. The molecular formula is C19H21N3O. The quantitative estimate of drug-likeness (QED) is 0.722. The number of piperidine rings is 1. The van der Waals surface area contributed by atoms with Crippen LogP contribution in [0.5, 0.6) is 0 Å². The first kappa shape index (κ1) is 13.6. The van der Waals surface area contributed by atoms with Gasteiger partial charge in [0.2, 0.25) is 0 Å². The number of rotatable bonds is 0. The van der Waals surface area contributed by atoms with E-state index in [1.54, 1.807) is 0 Å². The van der Waals surface area contributed by atoms with Crippen molar-refractivity contribution < 1.29 is 5.11 Å². The first-order chi connectivity index (χ1) is 11.2. The van der Waals surface area contributed by atoms with Crippen LogP contribution >= 0.6 is 0 Å². The highest BCUT2D eigenvalue weighted by Crippen LogP contribution is 2.64. The van der Waals surface area contributed by atoms with Gasteiger partial charge in [0.1, 0.15) is 5.92 Å². The summed E-state index contributed by atoms with van der Waals surface area (Å²) in [5, 5.41) is 25.1. The second-order valence-electron chi connectivity index (χ2n) is 7.46. The number of para-hydroxylation sites is 1. The Morgan fingerprint density at radius 3 is 3.04 bits per heavy atom. The Hall–Kier alpha value is -1.83. The maximum atomic E-state index is 11.8. The Bertz CT molecular complexity index is 766. The molecule has 2 saturated heterocycles. The van der Waals surface area contributed by atoms with Crippen LogP contribution in [0.4, 0.5) is 5.69 Å². The van der Waals surface area contributed by atoms with Gasteiger partial charge in [-0.1, -0.05) is 29.8 Å². The molecule has 0 aromatic heterocycles. The molecule has 4 aliphatic rings. The van der Waals surface area contributed by atoms with Crippen LogP contribution in [-0.2, 0) is 5.41 Å². The van der Waals surface area contributed by atoms with Crippen LogP contribution in [0.15, 0.2) is 35.9 Å². The van der Waals surface area contributed by atoms with Gasteiger partial charge in [-0.3, -0.25) is 4.90 Å². The summed E-state index contributed by atoms with van der Waals surface area (Å²) in [5.74, 6) is -0.248. The fourth-order valence-corrected chi connectivity index (χ4v) is 5.98. The molecule has 4 nitrogen and oxygen atoms in total. The monoisotopic (exact) mass is 307 g/mol. The molecule has 23 heavy (non-hydrogen) atoms. The van der Waals surface area contributed by atoms with Gasteiger partial charge in [-0.15, -0.1) is 0 Å². The molecule has 0 radical (unpaired) electrons. The van der Waals surface area contributed by atoms with E-state index in [0.717, 1.165) is 31.6 Å². The number of allylic oxidation sites excluding steroid dienone is 1. The standard InChI is InChI=1S/C19H21N3O/c1-2-12-11-22-8-7-18-14-5-3-4-6-16(14)21-19(18,23)15(10-20)13(12)9-17(18)22/h2-6,13,15,17,21,23H,7-9,11H2,1H3/b12-2+/t13-,15-,17+,18?,19+/m1/s1. The van der Waals surface area contributed by atoms with Crippen molar-refractivity contribution in [2.45, 2.75) is 36.9 Å². The lowest BCUT2D eigenvalue weighted by Gasteiger charge is -2.57. The summed E-state index contributed by atoms with van der Waals surface area (Å²) in [5.41, 5.74) is 2.01. The average molecular weight is 307 g/mol. The fourth-order valence-electron chi connectivity index (χ4n) is 5.98. The van der Waals surface area contributed by atoms with Crippen molar-refractivity contribution in [2.75, 3.05) is 18.4 Å². The van der Waals surface area contributed by atoms with Crippen molar-refractivity contribution in [1.29, 1.82) is 5.26 Å². The average Bonchev–Trinajstić information content (AvgIpc) is 3.07. The number of benzene rings is 1. The molecule has 1 spiro atoms. The number of nitrogens with zero attached hydrogens (tertiary/aromatic N) is 2. The molecule has 5 atom stereocenters. The van der Waals surface area contributed by atoms with Gasteiger partial charge in [-0.25, -0.2) is 0 Å². The summed E-state index contributed by atoms with van der Waals surface area (Å²) >= 11 is 0.